The minimum absolute atomic E-state index is 0.430. The maximum Gasteiger partial charge on any atom is 0.153 e. The van der Waals surface area contributed by atoms with Gasteiger partial charge >= 0.3 is 0 Å². The Labute approximate surface area is 143 Å². The topological polar surface area (TPSA) is 39.9 Å². The Morgan fingerprint density at radius 2 is 1.48 bits per heavy atom. The van der Waals surface area contributed by atoms with E-state index in [9.17, 15) is 0 Å². The van der Waals surface area contributed by atoms with E-state index in [0.717, 1.165) is 48.5 Å². The zero-order valence-electron chi connectivity index (χ0n) is 16.5. The first-order valence-electron chi connectivity index (χ1n) is 9.17. The Balaban J connectivity index is 0.000000179. The van der Waals surface area contributed by atoms with Gasteiger partial charge in [0, 0.05) is 18.9 Å². The van der Waals surface area contributed by atoms with E-state index in [0.29, 0.717) is 5.92 Å². The molecule has 4 nitrogen and oxygen atoms in total. The molecule has 0 radical (unpaired) electrons. The highest BCUT2D eigenvalue weighted by Gasteiger charge is 2.24. The zero-order valence-corrected chi connectivity index (χ0v) is 16.5. The summed E-state index contributed by atoms with van der Waals surface area (Å²) < 4.78 is 6.80. The lowest BCUT2D eigenvalue weighted by Gasteiger charge is -2.29. The van der Waals surface area contributed by atoms with E-state index in [-0.39, 0.29) is 0 Å². The SMILES string of the molecule is CC(C)C1CC1.CC(C)C1COC1.Cc1nc(C(C)C)nn1C. The second-order valence-electron chi connectivity index (χ2n) is 7.92. The molecule has 134 valence electrons. The Hall–Kier alpha value is -0.900. The number of aromatic nitrogens is 3. The minimum Gasteiger partial charge on any atom is -0.381 e. The summed E-state index contributed by atoms with van der Waals surface area (Å²) in [6, 6.07) is 0. The highest BCUT2D eigenvalue weighted by atomic mass is 16.5. The van der Waals surface area contributed by atoms with E-state index in [1.807, 2.05) is 14.0 Å². The van der Waals surface area contributed by atoms with Crippen LogP contribution in [0.4, 0.5) is 0 Å². The summed E-state index contributed by atoms with van der Waals surface area (Å²) in [5, 5.41) is 4.22. The Bertz CT molecular complexity index is 424. The molecule has 0 atom stereocenters. The van der Waals surface area contributed by atoms with Crippen molar-refractivity contribution in [1.82, 2.24) is 14.8 Å². The molecule has 1 saturated heterocycles. The third-order valence-corrected chi connectivity index (χ3v) is 4.69. The molecule has 1 saturated carbocycles. The number of hydrogen-bond acceptors (Lipinski definition) is 3. The number of aryl methyl sites for hydroxylation is 2. The van der Waals surface area contributed by atoms with Crippen molar-refractivity contribution in [3.8, 4) is 0 Å². The number of rotatable bonds is 3. The zero-order chi connectivity index (χ0) is 17.6. The Morgan fingerprint density at radius 3 is 1.57 bits per heavy atom. The predicted octanol–water partition coefficient (Wildman–Crippen LogP) is 4.59. The highest BCUT2D eigenvalue weighted by molar-refractivity contribution is 4.94. The molecule has 0 spiro atoms. The molecule has 1 aliphatic heterocycles. The maximum atomic E-state index is 5.00. The molecular formula is C19H37N3O. The van der Waals surface area contributed by atoms with Crippen LogP contribution >= 0.6 is 0 Å². The molecule has 2 fully saturated rings. The first kappa shape index (κ1) is 20.1. The Kier molecular flexibility index (Phi) is 8.24. The summed E-state index contributed by atoms with van der Waals surface area (Å²) in [4.78, 5) is 4.26. The van der Waals surface area contributed by atoms with Gasteiger partial charge in [-0.25, -0.2) is 4.98 Å². The average molecular weight is 324 g/mol. The maximum absolute atomic E-state index is 5.00. The largest absolute Gasteiger partial charge is 0.381 e. The van der Waals surface area contributed by atoms with Gasteiger partial charge in [-0.1, -0.05) is 41.5 Å². The van der Waals surface area contributed by atoms with Crippen molar-refractivity contribution in [2.45, 2.75) is 67.2 Å². The molecule has 4 heteroatoms. The van der Waals surface area contributed by atoms with Crippen LogP contribution < -0.4 is 0 Å². The smallest absolute Gasteiger partial charge is 0.153 e. The van der Waals surface area contributed by atoms with Crippen LogP contribution in [0.3, 0.4) is 0 Å². The number of nitrogens with zero attached hydrogens (tertiary/aromatic N) is 3. The third-order valence-electron chi connectivity index (χ3n) is 4.69. The monoisotopic (exact) mass is 323 g/mol. The van der Waals surface area contributed by atoms with Crippen molar-refractivity contribution in [3.63, 3.8) is 0 Å². The molecule has 1 aromatic rings. The first-order valence-corrected chi connectivity index (χ1v) is 9.17. The molecule has 0 aromatic carbocycles. The fraction of sp³-hybridized carbons (Fsp3) is 0.895. The molecule has 1 aliphatic carbocycles. The predicted molar refractivity (Wildman–Crippen MR) is 96.5 cm³/mol. The van der Waals surface area contributed by atoms with Gasteiger partial charge in [-0.3, -0.25) is 4.68 Å². The number of ether oxygens (including phenoxy) is 1. The van der Waals surface area contributed by atoms with E-state index in [1.54, 1.807) is 4.68 Å². The first-order chi connectivity index (χ1) is 10.7. The Morgan fingerprint density at radius 1 is 0.957 bits per heavy atom. The summed E-state index contributed by atoms with van der Waals surface area (Å²) in [5.41, 5.74) is 0. The molecule has 23 heavy (non-hydrogen) atoms. The summed E-state index contributed by atoms with van der Waals surface area (Å²) in [5.74, 6) is 6.09. The highest BCUT2D eigenvalue weighted by Crippen LogP contribution is 2.35. The summed E-state index contributed by atoms with van der Waals surface area (Å²) in [6.45, 7) is 17.2. The second-order valence-corrected chi connectivity index (χ2v) is 7.92. The van der Waals surface area contributed by atoms with Gasteiger partial charge in [0.15, 0.2) is 5.82 Å². The molecule has 2 heterocycles. The van der Waals surface area contributed by atoms with Crippen LogP contribution in [0.5, 0.6) is 0 Å². The fourth-order valence-corrected chi connectivity index (χ4v) is 2.13. The molecule has 3 rings (SSSR count). The van der Waals surface area contributed by atoms with Gasteiger partial charge in [0.05, 0.1) is 13.2 Å². The van der Waals surface area contributed by atoms with E-state index >= 15 is 0 Å². The van der Waals surface area contributed by atoms with Crippen LogP contribution in [0, 0.1) is 30.6 Å². The minimum atomic E-state index is 0.430. The van der Waals surface area contributed by atoms with Gasteiger partial charge in [0.1, 0.15) is 5.82 Å². The van der Waals surface area contributed by atoms with Crippen molar-refractivity contribution in [2.24, 2.45) is 30.7 Å². The van der Waals surface area contributed by atoms with Gasteiger partial charge in [-0.2, -0.15) is 5.10 Å². The fourth-order valence-electron chi connectivity index (χ4n) is 2.13. The third kappa shape index (κ3) is 7.47. The van der Waals surface area contributed by atoms with Crippen LogP contribution in [0.25, 0.3) is 0 Å². The molecule has 2 aliphatic rings. The van der Waals surface area contributed by atoms with E-state index in [4.69, 9.17) is 4.74 Å². The van der Waals surface area contributed by atoms with Gasteiger partial charge < -0.3 is 4.74 Å². The van der Waals surface area contributed by atoms with E-state index < -0.39 is 0 Å². The lowest BCUT2D eigenvalue weighted by molar-refractivity contribution is -0.0534. The number of hydrogen-bond donors (Lipinski definition) is 0. The van der Waals surface area contributed by atoms with Gasteiger partial charge in [0.25, 0.3) is 0 Å². The van der Waals surface area contributed by atoms with Crippen molar-refractivity contribution in [1.29, 1.82) is 0 Å². The van der Waals surface area contributed by atoms with Crippen molar-refractivity contribution in [2.75, 3.05) is 13.2 Å². The molecule has 0 N–H and O–H groups in total. The van der Waals surface area contributed by atoms with Crippen LogP contribution in [0.15, 0.2) is 0 Å². The summed E-state index contributed by atoms with van der Waals surface area (Å²) in [6.07, 6.45) is 3.00. The van der Waals surface area contributed by atoms with Gasteiger partial charge in [-0.15, -0.1) is 0 Å². The van der Waals surface area contributed by atoms with E-state index in [1.165, 1.54) is 12.8 Å². The molecule has 0 bridgehead atoms. The summed E-state index contributed by atoms with van der Waals surface area (Å²) >= 11 is 0. The van der Waals surface area contributed by atoms with Crippen LogP contribution in [0.2, 0.25) is 0 Å². The normalized spacial score (nSPS) is 17.5. The summed E-state index contributed by atoms with van der Waals surface area (Å²) in [7, 11) is 1.91. The lowest BCUT2D eigenvalue weighted by Crippen LogP contribution is -2.31. The van der Waals surface area contributed by atoms with Crippen LogP contribution in [-0.4, -0.2) is 28.0 Å². The van der Waals surface area contributed by atoms with Crippen LogP contribution in [-0.2, 0) is 11.8 Å². The van der Waals surface area contributed by atoms with Crippen molar-refractivity contribution >= 4 is 0 Å². The standard InChI is InChI=1S/C7H13N3.C6H12O.C6H12/c1-5(2)7-8-6(3)10(4)9-7;1-5(2)6-3-7-4-6;1-5(2)6-3-4-6/h5H,1-4H3;5-6H,3-4H2,1-2H3;5-6H,3-4H2,1-2H3. The van der Waals surface area contributed by atoms with Crippen molar-refractivity contribution in [3.05, 3.63) is 11.6 Å². The molecule has 0 amide bonds. The van der Waals surface area contributed by atoms with Crippen molar-refractivity contribution < 1.29 is 4.74 Å². The van der Waals surface area contributed by atoms with Gasteiger partial charge in [0.2, 0.25) is 0 Å². The van der Waals surface area contributed by atoms with E-state index in [2.05, 4.69) is 51.6 Å². The lowest BCUT2D eigenvalue weighted by atomic mass is 9.95. The van der Waals surface area contributed by atoms with Crippen LogP contribution in [0.1, 0.15) is 72.0 Å². The average Bonchev–Trinajstić information content (AvgIpc) is 3.16. The molecular weight excluding hydrogens is 286 g/mol. The molecule has 0 unspecified atom stereocenters. The second kappa shape index (κ2) is 9.41. The van der Waals surface area contributed by atoms with Gasteiger partial charge in [-0.05, 0) is 37.5 Å². The molecule has 1 aromatic heterocycles. The quantitative estimate of drug-likeness (QED) is 0.817.